The quantitative estimate of drug-likeness (QED) is 0.672. The fourth-order valence-electron chi connectivity index (χ4n) is 2.85. The van der Waals surface area contributed by atoms with Gasteiger partial charge in [0.25, 0.3) is 0 Å². The molecular weight excluding hydrogens is 380 g/mol. The Balaban J connectivity index is 0.00000264. The van der Waals surface area contributed by atoms with Crippen LogP contribution in [0.15, 0.2) is 28.7 Å². The maximum atomic E-state index is 12.3. The predicted octanol–water partition coefficient (Wildman–Crippen LogP) is 3.63. The highest BCUT2D eigenvalue weighted by Gasteiger charge is 2.27. The number of carbonyl (C=O) groups is 1. The topological polar surface area (TPSA) is 41.6 Å². The molecule has 1 aliphatic heterocycles. The van der Waals surface area contributed by atoms with E-state index in [1.807, 2.05) is 36.2 Å². The van der Waals surface area contributed by atoms with Crippen LogP contribution in [0.25, 0.3) is 0 Å². The molecule has 0 aromatic heterocycles. The van der Waals surface area contributed by atoms with Crippen LogP contribution in [-0.2, 0) is 4.79 Å². The lowest BCUT2D eigenvalue weighted by molar-refractivity contribution is -0.132. The molecule has 6 heteroatoms. The standard InChI is InChI=1S/C17H25BrN2O2.ClH/c1-19-13-15-5-4-11-20(15)17(21)6-2-3-12-22-16-9-7-14(18)8-10-16;/h7-10,15,19H,2-6,11-13H2,1H3;1H. The third-order valence-corrected chi connectivity index (χ3v) is 4.53. The number of ether oxygens (including phenoxy) is 1. The van der Waals surface area contributed by atoms with Crippen molar-refractivity contribution < 1.29 is 9.53 Å². The molecule has 0 aliphatic carbocycles. The number of unbranched alkanes of at least 4 members (excludes halogenated alkanes) is 1. The number of rotatable bonds is 8. The summed E-state index contributed by atoms with van der Waals surface area (Å²) in [6.45, 7) is 2.48. The first-order valence-corrected chi connectivity index (χ1v) is 8.82. The fourth-order valence-corrected chi connectivity index (χ4v) is 3.12. The van der Waals surface area contributed by atoms with Gasteiger partial charge in [0.15, 0.2) is 0 Å². The summed E-state index contributed by atoms with van der Waals surface area (Å²) in [4.78, 5) is 14.3. The number of likely N-dealkylation sites (N-methyl/N-ethyl adjacent to an activating group) is 1. The molecule has 0 saturated carbocycles. The van der Waals surface area contributed by atoms with Gasteiger partial charge in [-0.1, -0.05) is 15.9 Å². The van der Waals surface area contributed by atoms with Crippen molar-refractivity contribution in [2.24, 2.45) is 0 Å². The summed E-state index contributed by atoms with van der Waals surface area (Å²) in [5.74, 6) is 1.17. The second-order valence-corrected chi connectivity index (χ2v) is 6.62. The van der Waals surface area contributed by atoms with Crippen LogP contribution in [0.2, 0.25) is 0 Å². The molecule has 1 aromatic carbocycles. The van der Waals surface area contributed by atoms with Crippen LogP contribution in [0.1, 0.15) is 32.1 Å². The van der Waals surface area contributed by atoms with Crippen molar-refractivity contribution in [2.45, 2.75) is 38.1 Å². The van der Waals surface area contributed by atoms with Crippen molar-refractivity contribution in [1.29, 1.82) is 0 Å². The summed E-state index contributed by atoms with van der Waals surface area (Å²) in [7, 11) is 1.94. The molecule has 1 aromatic rings. The minimum absolute atomic E-state index is 0. The zero-order valence-corrected chi connectivity index (χ0v) is 16.0. The van der Waals surface area contributed by atoms with Crippen LogP contribution < -0.4 is 10.1 Å². The second-order valence-electron chi connectivity index (χ2n) is 5.70. The van der Waals surface area contributed by atoms with Crippen LogP contribution >= 0.6 is 28.3 Å². The highest BCUT2D eigenvalue weighted by molar-refractivity contribution is 9.10. The van der Waals surface area contributed by atoms with Gasteiger partial charge >= 0.3 is 0 Å². The largest absolute Gasteiger partial charge is 0.494 e. The van der Waals surface area contributed by atoms with E-state index in [0.29, 0.717) is 25.0 Å². The van der Waals surface area contributed by atoms with Gasteiger partial charge in [-0.2, -0.15) is 0 Å². The molecular formula is C17H26BrClN2O2. The minimum atomic E-state index is 0. The number of benzene rings is 1. The molecule has 1 saturated heterocycles. The van der Waals surface area contributed by atoms with E-state index in [2.05, 4.69) is 21.2 Å². The van der Waals surface area contributed by atoms with Gasteiger partial charge in [-0.05, 0) is 57.0 Å². The summed E-state index contributed by atoms with van der Waals surface area (Å²) < 4.78 is 6.72. The maximum absolute atomic E-state index is 12.3. The van der Waals surface area contributed by atoms with Gasteiger partial charge < -0.3 is 15.0 Å². The summed E-state index contributed by atoms with van der Waals surface area (Å²) in [6, 6.07) is 8.21. The summed E-state index contributed by atoms with van der Waals surface area (Å²) >= 11 is 3.40. The number of carbonyl (C=O) groups excluding carboxylic acids is 1. The van der Waals surface area contributed by atoms with Crippen molar-refractivity contribution in [3.63, 3.8) is 0 Å². The Kier molecular flexibility index (Phi) is 9.60. The van der Waals surface area contributed by atoms with Gasteiger partial charge in [-0.15, -0.1) is 12.4 Å². The van der Waals surface area contributed by atoms with Gasteiger partial charge in [0.1, 0.15) is 5.75 Å². The van der Waals surface area contributed by atoms with Crippen LogP contribution in [0.3, 0.4) is 0 Å². The molecule has 0 bridgehead atoms. The van der Waals surface area contributed by atoms with Crippen molar-refractivity contribution in [3.8, 4) is 5.75 Å². The summed E-state index contributed by atoms with van der Waals surface area (Å²) in [6.07, 6.45) is 4.68. The number of nitrogens with zero attached hydrogens (tertiary/aromatic N) is 1. The van der Waals surface area contributed by atoms with E-state index in [1.165, 1.54) is 0 Å². The summed E-state index contributed by atoms with van der Waals surface area (Å²) in [5, 5.41) is 3.18. The number of nitrogens with one attached hydrogen (secondary N) is 1. The summed E-state index contributed by atoms with van der Waals surface area (Å²) in [5.41, 5.74) is 0. The van der Waals surface area contributed by atoms with Gasteiger partial charge in [-0.3, -0.25) is 4.79 Å². The Hall–Kier alpha value is -0.780. The van der Waals surface area contributed by atoms with Crippen LogP contribution in [-0.4, -0.2) is 43.6 Å². The lowest BCUT2D eigenvalue weighted by Gasteiger charge is -2.24. The van der Waals surface area contributed by atoms with Gasteiger partial charge in [0.05, 0.1) is 6.61 Å². The molecule has 0 spiro atoms. The predicted molar refractivity (Wildman–Crippen MR) is 99.4 cm³/mol. The molecule has 1 amide bonds. The first kappa shape index (κ1) is 20.3. The number of halogens is 2. The highest BCUT2D eigenvalue weighted by atomic mass is 79.9. The third kappa shape index (κ3) is 6.69. The van der Waals surface area contributed by atoms with Crippen LogP contribution in [0.5, 0.6) is 5.75 Å². The van der Waals surface area contributed by atoms with Crippen molar-refractivity contribution >= 4 is 34.2 Å². The van der Waals surface area contributed by atoms with Gasteiger partial charge in [-0.25, -0.2) is 0 Å². The number of likely N-dealkylation sites (tertiary alicyclic amines) is 1. The van der Waals surface area contributed by atoms with E-state index in [9.17, 15) is 4.79 Å². The second kappa shape index (κ2) is 10.9. The number of amides is 1. The molecule has 1 unspecified atom stereocenters. The van der Waals surface area contributed by atoms with Crippen LogP contribution in [0, 0.1) is 0 Å². The van der Waals surface area contributed by atoms with E-state index in [1.54, 1.807) is 0 Å². The van der Waals surface area contributed by atoms with Crippen LogP contribution in [0.4, 0.5) is 0 Å². The Morgan fingerprint density at radius 1 is 1.35 bits per heavy atom. The average molecular weight is 406 g/mol. The zero-order valence-electron chi connectivity index (χ0n) is 13.6. The molecule has 23 heavy (non-hydrogen) atoms. The first-order valence-electron chi connectivity index (χ1n) is 8.03. The van der Waals surface area contributed by atoms with E-state index in [4.69, 9.17) is 4.74 Å². The average Bonchev–Trinajstić information content (AvgIpc) is 2.97. The smallest absolute Gasteiger partial charge is 0.222 e. The van der Waals surface area contributed by atoms with Gasteiger partial charge in [0, 0.05) is 30.0 Å². The number of hydrogen-bond acceptors (Lipinski definition) is 3. The number of hydrogen-bond donors (Lipinski definition) is 1. The van der Waals surface area contributed by atoms with E-state index in [-0.39, 0.29) is 12.4 Å². The molecule has 1 N–H and O–H groups in total. The molecule has 1 aliphatic rings. The lowest BCUT2D eigenvalue weighted by atomic mass is 10.2. The molecule has 0 radical (unpaired) electrons. The lowest BCUT2D eigenvalue weighted by Crippen LogP contribution is -2.40. The van der Waals surface area contributed by atoms with E-state index < -0.39 is 0 Å². The molecule has 130 valence electrons. The molecule has 1 heterocycles. The van der Waals surface area contributed by atoms with E-state index >= 15 is 0 Å². The highest BCUT2D eigenvalue weighted by Crippen LogP contribution is 2.19. The zero-order chi connectivity index (χ0) is 15.8. The van der Waals surface area contributed by atoms with Crippen molar-refractivity contribution in [2.75, 3.05) is 26.7 Å². The minimum Gasteiger partial charge on any atom is -0.494 e. The van der Waals surface area contributed by atoms with Gasteiger partial charge in [0.2, 0.25) is 5.91 Å². The molecule has 2 rings (SSSR count). The monoisotopic (exact) mass is 404 g/mol. The molecule has 1 atom stereocenters. The third-order valence-electron chi connectivity index (χ3n) is 4.00. The van der Waals surface area contributed by atoms with Crippen molar-refractivity contribution in [1.82, 2.24) is 10.2 Å². The Morgan fingerprint density at radius 3 is 2.78 bits per heavy atom. The van der Waals surface area contributed by atoms with Crippen molar-refractivity contribution in [3.05, 3.63) is 28.7 Å². The molecule has 1 fully saturated rings. The molecule has 4 nitrogen and oxygen atoms in total. The van der Waals surface area contributed by atoms with E-state index in [0.717, 1.165) is 49.0 Å². The first-order chi connectivity index (χ1) is 10.7. The SMILES string of the molecule is CNCC1CCCN1C(=O)CCCCOc1ccc(Br)cc1.Cl. The normalized spacial score (nSPS) is 17.0. The maximum Gasteiger partial charge on any atom is 0.222 e. The fraction of sp³-hybridized carbons (Fsp3) is 0.588. The Morgan fingerprint density at radius 2 is 2.09 bits per heavy atom. The Bertz CT molecular complexity index is 470. The Labute approximate surface area is 153 Å².